The van der Waals surface area contributed by atoms with Crippen molar-refractivity contribution in [2.45, 2.75) is 6.92 Å². The zero-order chi connectivity index (χ0) is 9.84. The second-order valence-electron chi connectivity index (χ2n) is 2.57. The molecule has 0 saturated carbocycles. The summed E-state index contributed by atoms with van der Waals surface area (Å²) in [6.45, 7) is 1.19. The highest BCUT2D eigenvalue weighted by Crippen LogP contribution is 2.08. The molecule has 0 bridgehead atoms. The van der Waals surface area contributed by atoms with Crippen LogP contribution in [0, 0.1) is 5.92 Å². The van der Waals surface area contributed by atoms with Crippen LogP contribution in [0.3, 0.4) is 0 Å². The highest BCUT2D eigenvalue weighted by molar-refractivity contribution is 6.17. The average Bonchev–Trinajstić information content (AvgIpc) is 2.56. The van der Waals surface area contributed by atoms with E-state index in [4.69, 9.17) is 4.42 Å². The van der Waals surface area contributed by atoms with Gasteiger partial charge in [0.25, 0.3) is 0 Å². The molecule has 0 aliphatic rings. The van der Waals surface area contributed by atoms with Crippen LogP contribution in [0.4, 0.5) is 0 Å². The van der Waals surface area contributed by atoms with Crippen LogP contribution in [-0.2, 0) is 9.59 Å². The topological polar surface area (TPSA) is 64.3 Å². The highest BCUT2D eigenvalue weighted by atomic mass is 16.3. The molecule has 1 aromatic heterocycles. The molecule has 1 rings (SSSR count). The Labute approximate surface area is 74.5 Å². The van der Waals surface area contributed by atoms with Gasteiger partial charge in [-0.3, -0.25) is 9.59 Å². The summed E-state index contributed by atoms with van der Waals surface area (Å²) >= 11 is 0. The fourth-order valence-corrected chi connectivity index (χ4v) is 0.914. The molecule has 0 aromatic carbocycles. The highest BCUT2D eigenvalue weighted by Gasteiger charge is 2.25. The smallest absolute Gasteiger partial charge is 0.215 e. The standard InChI is InChI=1S/C9H8O4/c1-6(11)7(5-10)9(12)8-3-2-4-13-8/h2-5,7H,1H3. The van der Waals surface area contributed by atoms with E-state index >= 15 is 0 Å². The number of ketones is 2. The lowest BCUT2D eigenvalue weighted by atomic mass is 10.0. The van der Waals surface area contributed by atoms with Crippen molar-refractivity contribution in [1.29, 1.82) is 0 Å². The van der Waals surface area contributed by atoms with Crippen LogP contribution >= 0.6 is 0 Å². The first-order chi connectivity index (χ1) is 6.16. The van der Waals surface area contributed by atoms with Gasteiger partial charge in [-0.05, 0) is 19.1 Å². The number of furan rings is 1. The number of hydrogen-bond donors (Lipinski definition) is 0. The molecule has 0 N–H and O–H groups in total. The maximum Gasteiger partial charge on any atom is 0.215 e. The zero-order valence-corrected chi connectivity index (χ0v) is 7.02. The lowest BCUT2D eigenvalue weighted by Crippen LogP contribution is -2.22. The Morgan fingerprint density at radius 2 is 2.23 bits per heavy atom. The minimum absolute atomic E-state index is 0.0345. The molecule has 0 aliphatic heterocycles. The molecule has 1 unspecified atom stereocenters. The van der Waals surface area contributed by atoms with Gasteiger partial charge in [-0.15, -0.1) is 0 Å². The lowest BCUT2D eigenvalue weighted by Gasteiger charge is -2.00. The second kappa shape index (κ2) is 3.80. The van der Waals surface area contributed by atoms with Gasteiger partial charge in [-0.25, -0.2) is 0 Å². The van der Waals surface area contributed by atoms with Crippen molar-refractivity contribution in [1.82, 2.24) is 0 Å². The minimum atomic E-state index is -1.23. The molecule has 1 aromatic rings. The monoisotopic (exact) mass is 180 g/mol. The van der Waals surface area contributed by atoms with Gasteiger partial charge in [-0.1, -0.05) is 0 Å². The normalized spacial score (nSPS) is 12.1. The van der Waals surface area contributed by atoms with Crippen molar-refractivity contribution >= 4 is 17.9 Å². The third-order valence-electron chi connectivity index (χ3n) is 1.62. The van der Waals surface area contributed by atoms with Crippen LogP contribution in [0.2, 0.25) is 0 Å². The van der Waals surface area contributed by atoms with E-state index in [2.05, 4.69) is 0 Å². The maximum atomic E-state index is 11.3. The van der Waals surface area contributed by atoms with Gasteiger partial charge in [0.2, 0.25) is 5.78 Å². The number of carbonyl (C=O) groups excluding carboxylic acids is 3. The Morgan fingerprint density at radius 1 is 1.54 bits per heavy atom. The number of carbonyl (C=O) groups is 3. The molecule has 4 nitrogen and oxygen atoms in total. The van der Waals surface area contributed by atoms with Gasteiger partial charge >= 0.3 is 0 Å². The maximum absolute atomic E-state index is 11.3. The van der Waals surface area contributed by atoms with E-state index in [1.54, 1.807) is 0 Å². The summed E-state index contributed by atoms with van der Waals surface area (Å²) in [7, 11) is 0. The van der Waals surface area contributed by atoms with Crippen molar-refractivity contribution in [3.8, 4) is 0 Å². The van der Waals surface area contributed by atoms with Gasteiger partial charge in [0.05, 0.1) is 6.26 Å². The minimum Gasteiger partial charge on any atom is -0.461 e. The molecule has 0 radical (unpaired) electrons. The van der Waals surface area contributed by atoms with Crippen molar-refractivity contribution < 1.29 is 18.8 Å². The fourth-order valence-electron chi connectivity index (χ4n) is 0.914. The predicted molar refractivity (Wildman–Crippen MR) is 43.3 cm³/mol. The Balaban J connectivity index is 2.89. The number of hydrogen-bond acceptors (Lipinski definition) is 4. The molecule has 0 fully saturated rings. The van der Waals surface area contributed by atoms with Crippen LogP contribution in [-0.4, -0.2) is 17.9 Å². The van der Waals surface area contributed by atoms with E-state index in [9.17, 15) is 14.4 Å². The van der Waals surface area contributed by atoms with Crippen molar-refractivity contribution in [3.05, 3.63) is 24.2 Å². The van der Waals surface area contributed by atoms with E-state index < -0.39 is 17.5 Å². The van der Waals surface area contributed by atoms with Gasteiger partial charge in [0.1, 0.15) is 18.0 Å². The third kappa shape index (κ3) is 1.90. The van der Waals surface area contributed by atoms with Gasteiger partial charge in [-0.2, -0.15) is 0 Å². The first-order valence-electron chi connectivity index (χ1n) is 3.70. The average molecular weight is 180 g/mol. The largest absolute Gasteiger partial charge is 0.461 e. The van der Waals surface area contributed by atoms with E-state index in [1.165, 1.54) is 25.3 Å². The summed E-state index contributed by atoms with van der Waals surface area (Å²) in [6.07, 6.45) is 1.64. The summed E-state index contributed by atoms with van der Waals surface area (Å²) in [6, 6.07) is 2.94. The molecular formula is C9H8O4. The molecule has 0 spiro atoms. The van der Waals surface area contributed by atoms with E-state index in [1.807, 2.05) is 0 Å². The van der Waals surface area contributed by atoms with Gasteiger partial charge in [0, 0.05) is 0 Å². The zero-order valence-electron chi connectivity index (χ0n) is 7.02. The van der Waals surface area contributed by atoms with Crippen LogP contribution < -0.4 is 0 Å². The second-order valence-corrected chi connectivity index (χ2v) is 2.57. The number of rotatable bonds is 4. The molecule has 0 saturated heterocycles. The summed E-state index contributed by atoms with van der Waals surface area (Å²) in [5, 5.41) is 0. The first-order valence-corrected chi connectivity index (χ1v) is 3.70. The summed E-state index contributed by atoms with van der Waals surface area (Å²) in [5.41, 5.74) is 0. The predicted octanol–water partition coefficient (Wildman–Crippen LogP) is 0.866. The molecule has 1 atom stereocenters. The number of aldehydes is 1. The summed E-state index contributed by atoms with van der Waals surface area (Å²) in [4.78, 5) is 32.6. The van der Waals surface area contributed by atoms with Crippen LogP contribution in [0.15, 0.2) is 22.8 Å². The number of Topliss-reactive ketones (excluding diaryl/α,β-unsaturated/α-hetero) is 2. The quantitative estimate of drug-likeness (QED) is 0.391. The van der Waals surface area contributed by atoms with Crippen LogP contribution in [0.25, 0.3) is 0 Å². The van der Waals surface area contributed by atoms with Crippen molar-refractivity contribution in [2.24, 2.45) is 5.92 Å². The van der Waals surface area contributed by atoms with E-state index in [0.29, 0.717) is 6.29 Å². The van der Waals surface area contributed by atoms with Gasteiger partial charge < -0.3 is 9.21 Å². The Morgan fingerprint density at radius 3 is 2.62 bits per heavy atom. The van der Waals surface area contributed by atoms with Crippen LogP contribution in [0.5, 0.6) is 0 Å². The van der Waals surface area contributed by atoms with Crippen molar-refractivity contribution in [2.75, 3.05) is 0 Å². The Hall–Kier alpha value is -1.71. The molecule has 68 valence electrons. The molecule has 1 heterocycles. The Kier molecular flexibility index (Phi) is 2.74. The molecule has 0 amide bonds. The van der Waals surface area contributed by atoms with E-state index in [0.717, 1.165) is 0 Å². The lowest BCUT2D eigenvalue weighted by molar-refractivity contribution is -0.123. The molecular weight excluding hydrogens is 172 g/mol. The van der Waals surface area contributed by atoms with Gasteiger partial charge in [0.15, 0.2) is 5.76 Å². The molecule has 4 heteroatoms. The summed E-state index contributed by atoms with van der Waals surface area (Å²) < 4.78 is 4.77. The van der Waals surface area contributed by atoms with E-state index in [-0.39, 0.29) is 5.76 Å². The van der Waals surface area contributed by atoms with Crippen LogP contribution in [0.1, 0.15) is 17.5 Å². The molecule has 0 aliphatic carbocycles. The SMILES string of the molecule is CC(=O)C(C=O)C(=O)c1ccco1. The Bertz CT molecular complexity index is 323. The molecule has 13 heavy (non-hydrogen) atoms. The summed E-state index contributed by atoms with van der Waals surface area (Å²) in [5.74, 6) is -2.26. The van der Waals surface area contributed by atoms with Crippen molar-refractivity contribution in [3.63, 3.8) is 0 Å². The fraction of sp³-hybridized carbons (Fsp3) is 0.222. The third-order valence-corrected chi connectivity index (χ3v) is 1.62. The first kappa shape index (κ1) is 9.38.